The van der Waals surface area contributed by atoms with E-state index in [0.29, 0.717) is 30.8 Å². The van der Waals surface area contributed by atoms with Gasteiger partial charge in [0, 0.05) is 19.6 Å². The topological polar surface area (TPSA) is 105 Å². The molecule has 1 aliphatic rings. The highest BCUT2D eigenvalue weighted by Crippen LogP contribution is 2.31. The fraction of sp³-hybridized carbons (Fsp3) is 0.545. The van der Waals surface area contributed by atoms with Gasteiger partial charge >= 0.3 is 6.03 Å². The second-order valence-corrected chi connectivity index (χ2v) is 9.60. The Morgan fingerprint density at radius 3 is 2.69 bits per heavy atom. The van der Waals surface area contributed by atoms with Crippen LogP contribution in [0.5, 0.6) is 5.75 Å². The number of nitrogens with zero attached hydrogens (tertiary/aromatic N) is 1. The van der Waals surface area contributed by atoms with E-state index >= 15 is 0 Å². The Bertz CT molecular complexity index is 903. The highest BCUT2D eigenvalue weighted by molar-refractivity contribution is 7.89. The lowest BCUT2D eigenvalue weighted by Crippen LogP contribution is -2.39. The standard InChI is InChI=1S/C22H32FN3O5S/c1-3-20(18-9-10-19(23)21(15-18)31-16-17-7-8-17)25-32(29,30)14-6-4-5-11-26(12-13-27)22(28)24-2/h4-5,9-10,13,15,17,20,25H,3,6-8,11-12,14,16H2,1-2H3,(H,24,28)/b5-4+. The molecule has 0 aliphatic heterocycles. The molecule has 1 saturated carbocycles. The Kier molecular flexibility index (Phi) is 10.1. The van der Waals surface area contributed by atoms with Crippen LogP contribution < -0.4 is 14.8 Å². The highest BCUT2D eigenvalue weighted by Gasteiger charge is 2.23. The zero-order valence-electron chi connectivity index (χ0n) is 18.6. The van der Waals surface area contributed by atoms with E-state index in [-0.39, 0.29) is 37.0 Å². The van der Waals surface area contributed by atoms with Gasteiger partial charge in [0.1, 0.15) is 6.29 Å². The third-order valence-electron chi connectivity index (χ3n) is 5.10. The molecule has 32 heavy (non-hydrogen) atoms. The van der Waals surface area contributed by atoms with Crippen molar-refractivity contribution in [2.24, 2.45) is 5.92 Å². The van der Waals surface area contributed by atoms with Gasteiger partial charge in [-0.1, -0.05) is 25.1 Å². The second kappa shape index (κ2) is 12.5. The molecule has 0 radical (unpaired) electrons. The van der Waals surface area contributed by atoms with Crippen molar-refractivity contribution in [2.45, 2.75) is 38.6 Å². The number of ether oxygens (including phenoxy) is 1. The summed E-state index contributed by atoms with van der Waals surface area (Å²) in [7, 11) is -2.13. The number of urea groups is 1. The first kappa shape index (κ1) is 25.8. The number of hydrogen-bond donors (Lipinski definition) is 2. The molecule has 0 saturated heterocycles. The van der Waals surface area contributed by atoms with Crippen molar-refractivity contribution in [3.63, 3.8) is 0 Å². The predicted octanol–water partition coefficient (Wildman–Crippen LogP) is 2.77. The number of nitrogens with one attached hydrogen (secondary N) is 2. The van der Waals surface area contributed by atoms with Crippen molar-refractivity contribution in [1.29, 1.82) is 0 Å². The molecule has 1 aromatic carbocycles. The molecule has 2 N–H and O–H groups in total. The number of benzene rings is 1. The number of amides is 2. The molecule has 0 heterocycles. The molecular formula is C22H32FN3O5S. The Balaban J connectivity index is 1.90. The largest absolute Gasteiger partial charge is 0.490 e. The molecule has 1 aromatic rings. The molecule has 10 heteroatoms. The molecular weight excluding hydrogens is 437 g/mol. The van der Waals surface area contributed by atoms with E-state index in [4.69, 9.17) is 4.74 Å². The molecule has 8 nitrogen and oxygen atoms in total. The summed E-state index contributed by atoms with van der Waals surface area (Å²) in [5.41, 5.74) is 0.647. The van der Waals surface area contributed by atoms with E-state index < -0.39 is 21.9 Å². The fourth-order valence-electron chi connectivity index (χ4n) is 3.03. The van der Waals surface area contributed by atoms with E-state index in [2.05, 4.69) is 10.0 Å². The molecule has 1 unspecified atom stereocenters. The normalized spacial score (nSPS) is 14.8. The lowest BCUT2D eigenvalue weighted by molar-refractivity contribution is -0.108. The van der Waals surface area contributed by atoms with Crippen LogP contribution in [-0.2, 0) is 14.8 Å². The summed E-state index contributed by atoms with van der Waals surface area (Å²) in [5.74, 6) is 0.0249. The van der Waals surface area contributed by atoms with Gasteiger partial charge in [0.05, 0.1) is 18.9 Å². The number of halogens is 1. The molecule has 0 spiro atoms. The summed E-state index contributed by atoms with van der Waals surface area (Å²) in [6.45, 7) is 2.47. The van der Waals surface area contributed by atoms with Gasteiger partial charge in [-0.05, 0) is 49.3 Å². The summed E-state index contributed by atoms with van der Waals surface area (Å²) in [6, 6.07) is 3.55. The van der Waals surface area contributed by atoms with Gasteiger partial charge in [-0.15, -0.1) is 0 Å². The molecule has 0 aromatic heterocycles. The summed E-state index contributed by atoms with van der Waals surface area (Å²) in [4.78, 5) is 23.6. The minimum Gasteiger partial charge on any atom is -0.490 e. The zero-order valence-corrected chi connectivity index (χ0v) is 19.4. The first-order chi connectivity index (χ1) is 15.3. The van der Waals surface area contributed by atoms with Crippen LogP contribution in [0, 0.1) is 11.7 Å². The monoisotopic (exact) mass is 469 g/mol. The zero-order chi connectivity index (χ0) is 23.6. The van der Waals surface area contributed by atoms with Crippen LogP contribution in [-0.4, -0.2) is 58.1 Å². The second-order valence-electron chi connectivity index (χ2n) is 7.73. The van der Waals surface area contributed by atoms with Crippen LogP contribution in [0.2, 0.25) is 0 Å². The molecule has 1 atom stereocenters. The van der Waals surface area contributed by atoms with E-state index in [1.165, 1.54) is 18.0 Å². The Labute approximate surface area is 189 Å². The highest BCUT2D eigenvalue weighted by atomic mass is 32.2. The summed E-state index contributed by atoms with van der Waals surface area (Å²) < 4.78 is 47.3. The van der Waals surface area contributed by atoms with Gasteiger partial charge in [-0.25, -0.2) is 22.3 Å². The van der Waals surface area contributed by atoms with E-state index in [1.54, 1.807) is 24.3 Å². The quantitative estimate of drug-likeness (QED) is 0.322. The Hall–Kier alpha value is -2.46. The van der Waals surface area contributed by atoms with Crippen molar-refractivity contribution >= 4 is 22.3 Å². The van der Waals surface area contributed by atoms with Gasteiger partial charge in [0.15, 0.2) is 11.6 Å². The summed E-state index contributed by atoms with van der Waals surface area (Å²) >= 11 is 0. The first-order valence-corrected chi connectivity index (χ1v) is 12.4. The number of allylic oxidation sites excluding steroid dienone is 1. The van der Waals surface area contributed by atoms with Crippen molar-refractivity contribution < 1.29 is 27.1 Å². The Morgan fingerprint density at radius 1 is 1.31 bits per heavy atom. The molecule has 2 rings (SSSR count). The van der Waals surface area contributed by atoms with Gasteiger partial charge in [0.2, 0.25) is 10.0 Å². The van der Waals surface area contributed by atoms with Crippen molar-refractivity contribution in [2.75, 3.05) is 32.5 Å². The molecule has 1 fully saturated rings. The van der Waals surface area contributed by atoms with E-state index in [1.807, 2.05) is 6.92 Å². The third kappa shape index (κ3) is 8.58. The van der Waals surface area contributed by atoms with Crippen molar-refractivity contribution in [1.82, 2.24) is 14.9 Å². The summed E-state index contributed by atoms with van der Waals surface area (Å²) in [5, 5.41) is 2.44. The minimum atomic E-state index is -3.60. The molecule has 0 bridgehead atoms. The average Bonchev–Trinajstić information content (AvgIpc) is 3.60. The summed E-state index contributed by atoms with van der Waals surface area (Å²) in [6.07, 6.45) is 6.85. The van der Waals surface area contributed by atoms with E-state index in [0.717, 1.165) is 12.8 Å². The van der Waals surface area contributed by atoms with Gasteiger partial charge in [-0.2, -0.15) is 0 Å². The van der Waals surface area contributed by atoms with Crippen LogP contribution in [0.4, 0.5) is 9.18 Å². The molecule has 1 aliphatic carbocycles. The van der Waals surface area contributed by atoms with Crippen LogP contribution in [0.25, 0.3) is 0 Å². The predicted molar refractivity (Wildman–Crippen MR) is 120 cm³/mol. The Morgan fingerprint density at radius 2 is 2.06 bits per heavy atom. The lowest BCUT2D eigenvalue weighted by atomic mass is 10.1. The number of sulfonamides is 1. The van der Waals surface area contributed by atoms with Gasteiger partial charge < -0.3 is 19.7 Å². The maximum atomic E-state index is 14.0. The fourth-order valence-corrected chi connectivity index (χ4v) is 4.33. The number of aldehydes is 1. The maximum absolute atomic E-state index is 14.0. The molecule has 178 valence electrons. The van der Waals surface area contributed by atoms with Gasteiger partial charge in [0.25, 0.3) is 0 Å². The van der Waals surface area contributed by atoms with Crippen molar-refractivity contribution in [3.05, 3.63) is 41.7 Å². The number of carbonyl (C=O) groups is 2. The lowest BCUT2D eigenvalue weighted by Gasteiger charge is -2.19. The molecule has 2 amide bonds. The van der Waals surface area contributed by atoms with Crippen LogP contribution in [0.15, 0.2) is 30.4 Å². The number of hydrogen-bond acceptors (Lipinski definition) is 5. The van der Waals surface area contributed by atoms with E-state index in [9.17, 15) is 22.4 Å². The first-order valence-electron chi connectivity index (χ1n) is 10.8. The average molecular weight is 470 g/mol. The number of carbonyl (C=O) groups excluding carboxylic acids is 2. The van der Waals surface area contributed by atoms with Crippen molar-refractivity contribution in [3.8, 4) is 5.75 Å². The van der Waals surface area contributed by atoms with Crippen LogP contribution in [0.3, 0.4) is 0 Å². The SMILES string of the molecule is CCC(NS(=O)(=O)CC/C=C/CN(CC=O)C(=O)NC)c1ccc(F)c(OCC2CC2)c1. The van der Waals surface area contributed by atoms with Crippen LogP contribution >= 0.6 is 0 Å². The van der Waals surface area contributed by atoms with Gasteiger partial charge in [-0.3, -0.25) is 0 Å². The van der Waals surface area contributed by atoms with Crippen LogP contribution in [0.1, 0.15) is 44.2 Å². The minimum absolute atomic E-state index is 0.0495. The third-order valence-corrected chi connectivity index (χ3v) is 6.52. The smallest absolute Gasteiger partial charge is 0.317 e. The number of rotatable bonds is 14. The maximum Gasteiger partial charge on any atom is 0.317 e.